The number of aromatic nitrogens is 1. The van der Waals surface area contributed by atoms with E-state index in [0.717, 1.165) is 22.3 Å². The van der Waals surface area contributed by atoms with Crippen molar-refractivity contribution < 1.29 is 33.0 Å². The highest BCUT2D eigenvalue weighted by Crippen LogP contribution is 2.28. The Kier molecular flexibility index (Phi) is 9.32. The quantitative estimate of drug-likeness (QED) is 0.270. The molecule has 2 N–H and O–H groups in total. The van der Waals surface area contributed by atoms with Crippen LogP contribution in [0.1, 0.15) is 54.4 Å². The van der Waals surface area contributed by atoms with Gasteiger partial charge >= 0.3 is 0 Å². The van der Waals surface area contributed by atoms with Gasteiger partial charge in [-0.25, -0.2) is 9.37 Å². The minimum atomic E-state index is -0.793. The number of nitrogens with one attached hydrogen (secondary N) is 1. The lowest BCUT2D eigenvalue weighted by atomic mass is 9.96. The number of benzene rings is 3. The van der Waals surface area contributed by atoms with Gasteiger partial charge in [0.2, 0.25) is 0 Å². The van der Waals surface area contributed by atoms with E-state index in [9.17, 15) is 19.1 Å². The number of aliphatic hydroxyl groups excluding tert-OH is 1. The Morgan fingerprint density at radius 3 is 2.52 bits per heavy atom. The van der Waals surface area contributed by atoms with Crippen molar-refractivity contribution in [1.82, 2.24) is 20.1 Å². The molecule has 0 bridgehead atoms. The number of halogens is 1. The number of aliphatic hydroxyl groups is 1. The van der Waals surface area contributed by atoms with Crippen LogP contribution in [0, 0.1) is 12.7 Å². The highest BCUT2D eigenvalue weighted by molar-refractivity contribution is 5.95. The summed E-state index contributed by atoms with van der Waals surface area (Å²) in [6.45, 7) is 4.54. The first kappa shape index (κ1) is 31.3. The molecule has 0 saturated carbocycles. The van der Waals surface area contributed by atoms with Crippen LogP contribution < -0.4 is 14.8 Å². The zero-order valence-corrected chi connectivity index (χ0v) is 25.9. The third-order valence-corrected chi connectivity index (χ3v) is 8.62. The first-order valence-corrected chi connectivity index (χ1v) is 15.3. The lowest BCUT2D eigenvalue weighted by Gasteiger charge is -2.31. The molecule has 0 saturated heterocycles. The van der Waals surface area contributed by atoms with E-state index < -0.39 is 11.9 Å². The minimum absolute atomic E-state index is 0.0423. The van der Waals surface area contributed by atoms with Gasteiger partial charge in [-0.15, -0.1) is 0 Å². The molecule has 240 valence electrons. The third-order valence-electron chi connectivity index (χ3n) is 8.62. The van der Waals surface area contributed by atoms with E-state index in [1.807, 2.05) is 17.0 Å². The number of carbonyl (C=O) groups is 2. The molecule has 1 unspecified atom stereocenters. The summed E-state index contributed by atoms with van der Waals surface area (Å²) in [5.74, 6) is 0.669. The van der Waals surface area contributed by atoms with Crippen molar-refractivity contribution >= 4 is 11.8 Å². The molecule has 3 heterocycles. The SMILES string of the molecule is COc1ccc(C(=O)N2CCc3cc(C(=O)NCC(O)CN4CCc5cc(OCc6ocnc6C)c(F)cc5C4)ccc3C2)cc1. The van der Waals surface area contributed by atoms with Gasteiger partial charge < -0.3 is 29.2 Å². The zero-order chi connectivity index (χ0) is 32.2. The molecule has 0 radical (unpaired) electrons. The van der Waals surface area contributed by atoms with Crippen molar-refractivity contribution in [1.29, 1.82) is 0 Å². The Hall–Kier alpha value is -4.74. The average Bonchev–Trinajstić information content (AvgIpc) is 3.49. The van der Waals surface area contributed by atoms with Gasteiger partial charge in [-0.2, -0.15) is 0 Å². The van der Waals surface area contributed by atoms with Crippen LogP contribution in [-0.2, 0) is 32.5 Å². The molecule has 0 aliphatic carbocycles. The second-order valence-corrected chi connectivity index (χ2v) is 11.7. The second kappa shape index (κ2) is 13.7. The van der Waals surface area contributed by atoms with E-state index in [1.165, 1.54) is 12.5 Å². The van der Waals surface area contributed by atoms with E-state index in [2.05, 4.69) is 15.2 Å². The van der Waals surface area contributed by atoms with Crippen molar-refractivity contribution in [2.24, 2.45) is 0 Å². The van der Waals surface area contributed by atoms with E-state index in [1.54, 1.807) is 50.4 Å². The number of aryl methyl sites for hydroxylation is 1. The summed E-state index contributed by atoms with van der Waals surface area (Å²) in [5.41, 5.74) is 5.72. The fraction of sp³-hybridized carbons (Fsp3) is 0.343. The molecular weight excluding hydrogens is 591 g/mol. The largest absolute Gasteiger partial charge is 0.497 e. The van der Waals surface area contributed by atoms with Crippen molar-refractivity contribution in [2.75, 3.05) is 33.3 Å². The van der Waals surface area contributed by atoms with Crippen molar-refractivity contribution in [2.45, 2.75) is 45.6 Å². The fourth-order valence-electron chi connectivity index (χ4n) is 5.95. The molecule has 6 rings (SSSR count). The van der Waals surface area contributed by atoms with Crippen molar-refractivity contribution in [3.8, 4) is 11.5 Å². The molecule has 2 aliphatic heterocycles. The summed E-state index contributed by atoms with van der Waals surface area (Å²) < 4.78 is 30.9. The minimum Gasteiger partial charge on any atom is -0.497 e. The van der Waals surface area contributed by atoms with Crippen LogP contribution in [-0.4, -0.2) is 71.1 Å². The van der Waals surface area contributed by atoms with Gasteiger partial charge in [0.15, 0.2) is 23.7 Å². The molecule has 10 nitrogen and oxygen atoms in total. The maximum absolute atomic E-state index is 14.8. The molecule has 4 aromatic rings. The van der Waals surface area contributed by atoms with Gasteiger partial charge in [0.1, 0.15) is 12.4 Å². The first-order valence-electron chi connectivity index (χ1n) is 15.3. The Bertz CT molecular complexity index is 1720. The molecule has 0 spiro atoms. The Morgan fingerprint density at radius 1 is 1.00 bits per heavy atom. The van der Waals surface area contributed by atoms with Crippen molar-refractivity contribution in [3.63, 3.8) is 0 Å². The number of nitrogens with zero attached hydrogens (tertiary/aromatic N) is 3. The van der Waals surface area contributed by atoms with Gasteiger partial charge in [0, 0.05) is 50.4 Å². The Labute approximate surface area is 266 Å². The maximum atomic E-state index is 14.8. The topological polar surface area (TPSA) is 117 Å². The Balaban J connectivity index is 0.978. The van der Waals surface area contributed by atoms with E-state index in [-0.39, 0.29) is 30.7 Å². The number of carbonyl (C=O) groups excluding carboxylic acids is 2. The second-order valence-electron chi connectivity index (χ2n) is 11.7. The number of fused-ring (bicyclic) bond motifs is 2. The number of ether oxygens (including phenoxy) is 2. The fourth-order valence-corrected chi connectivity index (χ4v) is 5.95. The zero-order valence-electron chi connectivity index (χ0n) is 25.9. The Morgan fingerprint density at radius 2 is 1.76 bits per heavy atom. The monoisotopic (exact) mass is 628 g/mol. The van der Waals surface area contributed by atoms with E-state index in [0.29, 0.717) is 73.9 Å². The molecular formula is C35H37FN4O6. The van der Waals surface area contributed by atoms with Crippen LogP contribution in [0.3, 0.4) is 0 Å². The van der Waals surface area contributed by atoms with E-state index >= 15 is 0 Å². The van der Waals surface area contributed by atoms with Crippen LogP contribution in [0.2, 0.25) is 0 Å². The highest BCUT2D eigenvalue weighted by atomic mass is 19.1. The molecule has 1 atom stereocenters. The summed E-state index contributed by atoms with van der Waals surface area (Å²) in [6, 6.07) is 15.8. The smallest absolute Gasteiger partial charge is 0.254 e. The van der Waals surface area contributed by atoms with Gasteiger partial charge in [0.25, 0.3) is 11.8 Å². The number of amides is 2. The summed E-state index contributed by atoms with van der Waals surface area (Å²) in [6.07, 6.45) is 1.87. The van der Waals surface area contributed by atoms with Gasteiger partial charge in [-0.1, -0.05) is 6.07 Å². The predicted octanol–water partition coefficient (Wildman–Crippen LogP) is 4.06. The first-order chi connectivity index (χ1) is 22.3. The lowest BCUT2D eigenvalue weighted by molar-refractivity contribution is 0.0734. The standard InChI is InChI=1S/C35H37FN4O6/c1-22-33(46-21-38-22)20-45-32-15-25-9-11-39(17-28(25)14-31(32)36)19-29(41)16-37-34(42)26-3-4-27-18-40(12-10-24(27)13-26)35(43)23-5-7-30(44-2)8-6-23/h3-8,13-15,21,29,41H,9-12,16-20H2,1-2H3,(H,37,42). The number of rotatable bonds is 10. The summed E-state index contributed by atoms with van der Waals surface area (Å²) in [7, 11) is 1.59. The third kappa shape index (κ3) is 7.05. The van der Waals surface area contributed by atoms with Crippen LogP contribution in [0.15, 0.2) is 65.4 Å². The number of methoxy groups -OCH3 is 1. The average molecular weight is 629 g/mol. The summed E-state index contributed by atoms with van der Waals surface area (Å²) in [5, 5.41) is 13.6. The molecule has 3 aromatic carbocycles. The van der Waals surface area contributed by atoms with E-state index in [4.69, 9.17) is 13.9 Å². The molecule has 46 heavy (non-hydrogen) atoms. The van der Waals surface area contributed by atoms with Gasteiger partial charge in [-0.05, 0) is 90.6 Å². The molecule has 11 heteroatoms. The molecule has 1 aromatic heterocycles. The lowest BCUT2D eigenvalue weighted by Crippen LogP contribution is -2.42. The normalized spacial score (nSPS) is 15.1. The maximum Gasteiger partial charge on any atom is 0.254 e. The number of hydrogen-bond donors (Lipinski definition) is 2. The summed E-state index contributed by atoms with van der Waals surface area (Å²) in [4.78, 5) is 33.8. The molecule has 2 aliphatic rings. The number of β-amino-alcohol motifs (C(OH)–C–C–N with tert-alkyl or cyclic N) is 1. The summed E-state index contributed by atoms with van der Waals surface area (Å²) >= 11 is 0. The van der Waals surface area contributed by atoms with Crippen LogP contribution in [0.4, 0.5) is 4.39 Å². The molecule has 0 fully saturated rings. The number of oxazole rings is 1. The number of hydrogen-bond acceptors (Lipinski definition) is 8. The molecule has 2 amide bonds. The van der Waals surface area contributed by atoms with Crippen LogP contribution in [0.25, 0.3) is 0 Å². The van der Waals surface area contributed by atoms with Gasteiger partial charge in [-0.3, -0.25) is 14.5 Å². The highest BCUT2D eigenvalue weighted by Gasteiger charge is 2.24. The van der Waals surface area contributed by atoms with Crippen LogP contribution in [0.5, 0.6) is 11.5 Å². The van der Waals surface area contributed by atoms with Gasteiger partial charge in [0.05, 0.1) is 18.9 Å². The predicted molar refractivity (Wildman–Crippen MR) is 167 cm³/mol. The van der Waals surface area contributed by atoms with Crippen LogP contribution >= 0.6 is 0 Å². The van der Waals surface area contributed by atoms with Crippen molar-refractivity contribution in [3.05, 3.63) is 112 Å².